The second-order valence-corrected chi connectivity index (χ2v) is 7.78. The summed E-state index contributed by atoms with van der Waals surface area (Å²) in [5.74, 6) is 1.25. The lowest BCUT2D eigenvalue weighted by atomic mass is 10.3. The quantitative estimate of drug-likeness (QED) is 0.760. The van der Waals surface area contributed by atoms with Crippen molar-refractivity contribution in [2.24, 2.45) is 0 Å². The van der Waals surface area contributed by atoms with Gasteiger partial charge in [-0.25, -0.2) is 12.7 Å². The van der Waals surface area contributed by atoms with Crippen LogP contribution in [-0.2, 0) is 10.0 Å². The normalized spacial score (nSPS) is 23.2. The Kier molecular flexibility index (Phi) is 6.26. The molecule has 1 rings (SSSR count). The van der Waals surface area contributed by atoms with Crippen LogP contribution in [0.15, 0.2) is 0 Å². The van der Waals surface area contributed by atoms with Crippen LogP contribution < -0.4 is 5.32 Å². The van der Waals surface area contributed by atoms with E-state index in [-0.39, 0.29) is 17.8 Å². The Morgan fingerprint density at radius 1 is 1.53 bits per heavy atom. The minimum atomic E-state index is -3.11. The van der Waals surface area contributed by atoms with Gasteiger partial charge in [-0.05, 0) is 44.7 Å². The van der Waals surface area contributed by atoms with Crippen molar-refractivity contribution in [1.82, 2.24) is 9.62 Å². The van der Waals surface area contributed by atoms with Crippen molar-refractivity contribution in [2.45, 2.75) is 38.3 Å². The Balaban J connectivity index is 2.49. The molecule has 1 aliphatic heterocycles. The minimum absolute atomic E-state index is 0.0915. The van der Waals surface area contributed by atoms with E-state index in [1.165, 1.54) is 0 Å². The van der Waals surface area contributed by atoms with E-state index in [0.717, 1.165) is 31.6 Å². The highest BCUT2D eigenvalue weighted by molar-refractivity contribution is 7.98. The van der Waals surface area contributed by atoms with Crippen molar-refractivity contribution in [3.8, 4) is 0 Å². The Morgan fingerprint density at radius 3 is 2.76 bits per heavy atom. The average Bonchev–Trinajstić information content (AvgIpc) is 2.76. The lowest BCUT2D eigenvalue weighted by molar-refractivity contribution is 0.379. The predicted molar refractivity (Wildman–Crippen MR) is 75.0 cm³/mol. The maximum atomic E-state index is 12.2. The van der Waals surface area contributed by atoms with E-state index in [1.807, 2.05) is 13.2 Å². The summed E-state index contributed by atoms with van der Waals surface area (Å²) in [5, 5.41) is 3.24. The van der Waals surface area contributed by atoms with Crippen molar-refractivity contribution in [1.29, 1.82) is 0 Å². The molecule has 0 amide bonds. The van der Waals surface area contributed by atoms with Crippen LogP contribution >= 0.6 is 11.8 Å². The zero-order chi connectivity index (χ0) is 12.9. The Morgan fingerprint density at radius 2 is 2.24 bits per heavy atom. The van der Waals surface area contributed by atoms with Gasteiger partial charge >= 0.3 is 0 Å². The highest BCUT2D eigenvalue weighted by Gasteiger charge is 2.27. The van der Waals surface area contributed by atoms with Crippen LogP contribution in [0.25, 0.3) is 0 Å². The van der Waals surface area contributed by atoms with Crippen molar-refractivity contribution < 1.29 is 8.42 Å². The number of nitrogens with one attached hydrogen (secondary N) is 1. The van der Waals surface area contributed by atoms with Crippen LogP contribution in [0.3, 0.4) is 0 Å². The number of rotatable bonds is 7. The Labute approximate surface area is 110 Å². The summed E-state index contributed by atoms with van der Waals surface area (Å²) >= 11 is 1.76. The van der Waals surface area contributed by atoms with E-state index in [4.69, 9.17) is 0 Å². The summed E-state index contributed by atoms with van der Waals surface area (Å²) in [6.45, 7) is 2.93. The zero-order valence-electron chi connectivity index (χ0n) is 11.0. The van der Waals surface area contributed by atoms with Crippen molar-refractivity contribution in [3.05, 3.63) is 0 Å². The molecule has 2 unspecified atom stereocenters. The fraction of sp³-hybridized carbons (Fsp3) is 1.00. The molecule has 1 saturated heterocycles. The molecule has 4 nitrogen and oxygen atoms in total. The van der Waals surface area contributed by atoms with Crippen LogP contribution in [0, 0.1) is 0 Å². The molecule has 17 heavy (non-hydrogen) atoms. The molecule has 0 radical (unpaired) electrons. The van der Waals surface area contributed by atoms with Gasteiger partial charge in [-0.1, -0.05) is 0 Å². The number of nitrogens with zero attached hydrogens (tertiary/aromatic N) is 1. The van der Waals surface area contributed by atoms with Crippen LogP contribution in [0.2, 0.25) is 0 Å². The highest BCUT2D eigenvalue weighted by Crippen LogP contribution is 2.14. The molecule has 1 fully saturated rings. The first kappa shape index (κ1) is 15.3. The van der Waals surface area contributed by atoms with Gasteiger partial charge in [-0.15, -0.1) is 0 Å². The minimum Gasteiger partial charge on any atom is -0.313 e. The van der Waals surface area contributed by atoms with Gasteiger partial charge in [0, 0.05) is 19.1 Å². The Hall–Kier alpha value is 0.220. The Bertz CT molecular complexity index is 313. The third-order valence-corrected chi connectivity index (χ3v) is 6.08. The molecule has 2 atom stereocenters. The van der Waals surface area contributed by atoms with Gasteiger partial charge in [-0.2, -0.15) is 11.8 Å². The van der Waals surface area contributed by atoms with Crippen LogP contribution in [-0.4, -0.2) is 56.2 Å². The monoisotopic (exact) mass is 280 g/mol. The molecule has 0 aliphatic carbocycles. The van der Waals surface area contributed by atoms with Crippen LogP contribution in [0.1, 0.15) is 26.2 Å². The number of thioether (sulfide) groups is 1. The van der Waals surface area contributed by atoms with E-state index >= 15 is 0 Å². The first-order chi connectivity index (χ1) is 7.97. The van der Waals surface area contributed by atoms with Gasteiger partial charge in [0.25, 0.3) is 0 Å². The predicted octanol–water partition coefficient (Wildman–Crippen LogP) is 1.14. The van der Waals surface area contributed by atoms with Crippen LogP contribution in [0.4, 0.5) is 0 Å². The van der Waals surface area contributed by atoms with E-state index in [2.05, 4.69) is 5.32 Å². The summed E-state index contributed by atoms with van der Waals surface area (Å²) in [5.41, 5.74) is 0. The lowest BCUT2D eigenvalue weighted by Crippen LogP contribution is -2.41. The molecule has 6 heteroatoms. The maximum Gasteiger partial charge on any atom is 0.215 e. The number of hydrogen-bond donors (Lipinski definition) is 1. The van der Waals surface area contributed by atoms with Gasteiger partial charge in [-0.3, -0.25) is 0 Å². The molecule has 1 aliphatic rings. The smallest absolute Gasteiger partial charge is 0.215 e. The summed E-state index contributed by atoms with van der Waals surface area (Å²) in [7, 11) is -1.41. The van der Waals surface area contributed by atoms with Gasteiger partial charge in [0.1, 0.15) is 0 Å². The SMILES string of the molecule is CSCCC(C)N(C)S(=O)(=O)CC1CCCN1. The molecule has 102 valence electrons. The van der Waals surface area contributed by atoms with E-state index in [1.54, 1.807) is 23.1 Å². The van der Waals surface area contributed by atoms with E-state index in [9.17, 15) is 8.42 Å². The fourth-order valence-electron chi connectivity index (χ4n) is 2.02. The first-order valence-electron chi connectivity index (χ1n) is 6.15. The molecule has 1 N–H and O–H groups in total. The second-order valence-electron chi connectivity index (χ2n) is 4.72. The summed E-state index contributed by atoms with van der Waals surface area (Å²) < 4.78 is 25.9. The molecule has 0 saturated carbocycles. The maximum absolute atomic E-state index is 12.2. The third-order valence-electron chi connectivity index (χ3n) is 3.37. The van der Waals surface area contributed by atoms with Crippen molar-refractivity contribution in [3.63, 3.8) is 0 Å². The standard InChI is InChI=1S/C11H24N2O2S2/c1-10(6-8-16-3)13(2)17(14,15)9-11-5-4-7-12-11/h10-12H,4-9H2,1-3H3. The van der Waals surface area contributed by atoms with Gasteiger partial charge < -0.3 is 5.32 Å². The summed E-state index contributed by atoms with van der Waals surface area (Å²) in [6, 6.07) is 0.240. The van der Waals surface area contributed by atoms with Gasteiger partial charge in [0.2, 0.25) is 10.0 Å². The molecular weight excluding hydrogens is 256 g/mol. The highest BCUT2D eigenvalue weighted by atomic mass is 32.2. The largest absolute Gasteiger partial charge is 0.313 e. The molecule has 0 spiro atoms. The van der Waals surface area contributed by atoms with Crippen molar-refractivity contribution in [2.75, 3.05) is 31.4 Å². The molecule has 0 aromatic carbocycles. The molecular formula is C11H24N2O2S2. The number of hydrogen-bond acceptors (Lipinski definition) is 4. The topological polar surface area (TPSA) is 49.4 Å². The molecule has 0 bridgehead atoms. The second kappa shape index (κ2) is 6.97. The zero-order valence-corrected chi connectivity index (χ0v) is 12.6. The van der Waals surface area contributed by atoms with E-state index in [0.29, 0.717) is 0 Å². The number of sulfonamides is 1. The van der Waals surface area contributed by atoms with Gasteiger partial charge in [0.15, 0.2) is 0 Å². The average molecular weight is 280 g/mol. The lowest BCUT2D eigenvalue weighted by Gasteiger charge is -2.25. The molecule has 0 aromatic heterocycles. The van der Waals surface area contributed by atoms with Gasteiger partial charge in [0.05, 0.1) is 5.75 Å². The first-order valence-corrected chi connectivity index (χ1v) is 9.15. The van der Waals surface area contributed by atoms with E-state index < -0.39 is 10.0 Å². The molecule has 1 heterocycles. The van der Waals surface area contributed by atoms with Crippen LogP contribution in [0.5, 0.6) is 0 Å². The summed E-state index contributed by atoms with van der Waals surface area (Å²) in [6.07, 6.45) is 5.02. The summed E-state index contributed by atoms with van der Waals surface area (Å²) in [4.78, 5) is 0. The van der Waals surface area contributed by atoms with Crippen molar-refractivity contribution >= 4 is 21.8 Å². The molecule has 0 aromatic rings. The fourth-order valence-corrected chi connectivity index (χ4v) is 4.27. The third kappa shape index (κ3) is 4.77.